The first kappa shape index (κ1) is 19.0. The Balaban J connectivity index is 0. The van der Waals surface area contributed by atoms with Gasteiger partial charge in [-0.2, -0.15) is 0 Å². The molecule has 0 spiro atoms. The van der Waals surface area contributed by atoms with Crippen LogP contribution in [-0.4, -0.2) is 63.7 Å². The molecule has 0 fully saturated rings. The Morgan fingerprint density at radius 1 is 1.21 bits per heavy atom. The highest BCUT2D eigenvalue weighted by atomic mass is 16.4. The summed E-state index contributed by atoms with van der Waals surface area (Å²) >= 11 is 0. The number of aliphatic carboxylic acids is 3. The molecule has 0 saturated carbocycles. The molecule has 19 heavy (non-hydrogen) atoms. The van der Waals surface area contributed by atoms with Crippen LogP contribution in [0.4, 0.5) is 0 Å². The lowest BCUT2D eigenvalue weighted by Crippen LogP contribution is -2.36. The molecule has 0 aromatic heterocycles. The number of nitrogens with one attached hydrogen (secondary N) is 1. The number of carboxylic acid groups (broad SMARTS) is 3. The van der Waals surface area contributed by atoms with Crippen LogP contribution in [0.25, 0.3) is 0 Å². The molecule has 0 rings (SSSR count). The average molecular weight is 278 g/mol. The topological polar surface area (TPSA) is 191 Å². The first-order chi connectivity index (χ1) is 8.57. The van der Waals surface area contributed by atoms with E-state index in [2.05, 4.69) is 0 Å². The molecule has 0 aliphatic heterocycles. The van der Waals surface area contributed by atoms with Gasteiger partial charge in [0.25, 0.3) is 0 Å². The molecule has 0 aromatic rings. The van der Waals surface area contributed by atoms with Crippen LogP contribution in [0.5, 0.6) is 0 Å². The Kier molecular flexibility index (Phi) is 9.64. The van der Waals surface area contributed by atoms with Crippen molar-refractivity contribution in [2.75, 3.05) is 13.6 Å². The van der Waals surface area contributed by atoms with Gasteiger partial charge in [-0.15, -0.1) is 0 Å². The van der Waals surface area contributed by atoms with Crippen molar-refractivity contribution in [2.45, 2.75) is 18.9 Å². The highest BCUT2D eigenvalue weighted by Crippen LogP contribution is 1.93. The molecule has 0 amide bonds. The van der Waals surface area contributed by atoms with Gasteiger partial charge in [0.15, 0.2) is 5.96 Å². The molecule has 0 saturated heterocycles. The lowest BCUT2D eigenvalue weighted by atomic mass is 10.2. The predicted molar refractivity (Wildman–Crippen MR) is 64.7 cm³/mol. The van der Waals surface area contributed by atoms with Gasteiger partial charge in [-0.05, 0) is 6.42 Å². The van der Waals surface area contributed by atoms with Gasteiger partial charge in [-0.1, -0.05) is 0 Å². The van der Waals surface area contributed by atoms with Crippen LogP contribution in [0.1, 0.15) is 12.8 Å². The molecule has 1 atom stereocenters. The standard InChI is InChI=1S/C5H9NO4.C4H9N3O2/c6-3(5(9)10)1-2-4(7)8;1-7(4(5)6)2-3(8)9/h3H,1-2,6H2,(H,7,8)(H,9,10);2H2,1H3,(H3,5,6)(H,8,9). The number of carboxylic acids is 3. The van der Waals surface area contributed by atoms with Crippen molar-refractivity contribution in [3.8, 4) is 0 Å². The van der Waals surface area contributed by atoms with E-state index in [0.717, 1.165) is 4.90 Å². The minimum Gasteiger partial charge on any atom is -0.481 e. The number of nitrogens with two attached hydrogens (primary N) is 2. The predicted octanol–water partition coefficient (Wildman–Crippen LogP) is -1.84. The average Bonchev–Trinajstić information content (AvgIpc) is 2.25. The van der Waals surface area contributed by atoms with E-state index < -0.39 is 23.9 Å². The number of carbonyl (C=O) groups is 3. The van der Waals surface area contributed by atoms with Crippen molar-refractivity contribution in [1.82, 2.24) is 4.90 Å². The molecule has 8 N–H and O–H groups in total. The molecule has 0 heterocycles. The Bertz CT molecular complexity index is 346. The zero-order valence-electron chi connectivity index (χ0n) is 10.4. The van der Waals surface area contributed by atoms with E-state index in [9.17, 15) is 14.4 Å². The molecule has 10 nitrogen and oxygen atoms in total. The molecule has 1 unspecified atom stereocenters. The van der Waals surface area contributed by atoms with E-state index in [1.54, 1.807) is 0 Å². The lowest BCUT2D eigenvalue weighted by Gasteiger charge is -2.12. The van der Waals surface area contributed by atoms with Crippen molar-refractivity contribution < 1.29 is 29.7 Å². The summed E-state index contributed by atoms with van der Waals surface area (Å²) in [4.78, 5) is 30.9. The minimum atomic E-state index is -1.17. The molecule has 0 bridgehead atoms. The molecular formula is C9H18N4O6. The summed E-state index contributed by atoms with van der Waals surface area (Å²) in [5.74, 6) is -3.43. The summed E-state index contributed by atoms with van der Waals surface area (Å²) in [6, 6.07) is -1.06. The smallest absolute Gasteiger partial charge is 0.323 e. The van der Waals surface area contributed by atoms with Gasteiger partial charge in [0.2, 0.25) is 0 Å². The van der Waals surface area contributed by atoms with Gasteiger partial charge >= 0.3 is 17.9 Å². The third-order valence-corrected chi connectivity index (χ3v) is 1.77. The number of hydrogen-bond donors (Lipinski definition) is 6. The molecule has 0 aromatic carbocycles. The second-order valence-corrected chi connectivity index (χ2v) is 3.51. The fourth-order valence-electron chi connectivity index (χ4n) is 0.691. The monoisotopic (exact) mass is 278 g/mol. The largest absolute Gasteiger partial charge is 0.481 e. The van der Waals surface area contributed by atoms with Gasteiger partial charge < -0.3 is 31.7 Å². The zero-order chi connectivity index (χ0) is 15.6. The quantitative estimate of drug-likeness (QED) is 0.239. The molecule has 110 valence electrons. The fraction of sp³-hybridized carbons (Fsp3) is 0.556. The molecule has 0 aliphatic rings. The molecule has 0 radical (unpaired) electrons. The van der Waals surface area contributed by atoms with Crippen molar-refractivity contribution >= 4 is 23.9 Å². The van der Waals surface area contributed by atoms with Crippen LogP contribution in [0.15, 0.2) is 0 Å². The number of rotatable bonds is 6. The maximum absolute atomic E-state index is 9.99. The molecule has 10 heteroatoms. The van der Waals surface area contributed by atoms with Gasteiger partial charge in [-0.3, -0.25) is 19.8 Å². The van der Waals surface area contributed by atoms with E-state index in [-0.39, 0.29) is 25.3 Å². The fourth-order valence-corrected chi connectivity index (χ4v) is 0.691. The van der Waals surface area contributed by atoms with Gasteiger partial charge in [0, 0.05) is 13.5 Å². The number of hydrogen-bond acceptors (Lipinski definition) is 5. The highest BCUT2D eigenvalue weighted by Gasteiger charge is 2.12. The van der Waals surface area contributed by atoms with Crippen molar-refractivity contribution in [3.05, 3.63) is 0 Å². The van der Waals surface area contributed by atoms with E-state index >= 15 is 0 Å². The second-order valence-electron chi connectivity index (χ2n) is 3.51. The van der Waals surface area contributed by atoms with Gasteiger partial charge in [0.1, 0.15) is 12.6 Å². The first-order valence-electron chi connectivity index (χ1n) is 5.05. The SMILES string of the molecule is CN(CC(=O)O)C(=N)N.NC(CCC(=O)O)C(=O)O. The summed E-state index contributed by atoms with van der Waals surface area (Å²) in [6.45, 7) is -0.227. The van der Waals surface area contributed by atoms with Crippen molar-refractivity contribution in [3.63, 3.8) is 0 Å². The Hall–Kier alpha value is -2.36. The van der Waals surface area contributed by atoms with Crippen LogP contribution >= 0.6 is 0 Å². The third-order valence-electron chi connectivity index (χ3n) is 1.77. The second kappa shape index (κ2) is 9.65. The molecule has 0 aliphatic carbocycles. The number of nitrogens with zero attached hydrogens (tertiary/aromatic N) is 1. The minimum absolute atomic E-state index is 0.0231. The summed E-state index contributed by atoms with van der Waals surface area (Å²) in [6.07, 6.45) is -0.224. The van der Waals surface area contributed by atoms with E-state index in [1.807, 2.05) is 0 Å². The first-order valence-corrected chi connectivity index (χ1v) is 5.05. The normalized spacial score (nSPS) is 10.6. The van der Waals surface area contributed by atoms with Gasteiger partial charge in [0.05, 0.1) is 0 Å². The van der Waals surface area contributed by atoms with Crippen molar-refractivity contribution in [2.24, 2.45) is 11.5 Å². The Morgan fingerprint density at radius 2 is 1.68 bits per heavy atom. The van der Waals surface area contributed by atoms with E-state index in [0.29, 0.717) is 0 Å². The molecular weight excluding hydrogens is 260 g/mol. The maximum atomic E-state index is 9.99. The summed E-state index contributed by atoms with van der Waals surface area (Å²) < 4.78 is 0. The lowest BCUT2D eigenvalue weighted by molar-refractivity contribution is -0.140. The highest BCUT2D eigenvalue weighted by molar-refractivity contribution is 5.80. The Morgan fingerprint density at radius 3 is 1.89 bits per heavy atom. The van der Waals surface area contributed by atoms with Crippen LogP contribution in [0.2, 0.25) is 0 Å². The number of likely N-dealkylation sites (N-methyl/N-ethyl adjacent to an activating group) is 1. The summed E-state index contributed by atoms with van der Waals surface area (Å²) in [5.41, 5.74) is 9.93. The van der Waals surface area contributed by atoms with Crippen LogP contribution in [0.3, 0.4) is 0 Å². The van der Waals surface area contributed by atoms with Crippen molar-refractivity contribution in [1.29, 1.82) is 5.41 Å². The third kappa shape index (κ3) is 13.6. The van der Waals surface area contributed by atoms with Crippen LogP contribution in [0, 0.1) is 5.41 Å². The van der Waals surface area contributed by atoms with E-state index in [4.69, 9.17) is 32.2 Å². The zero-order valence-corrected chi connectivity index (χ0v) is 10.4. The Labute approximate surface area is 109 Å². The van der Waals surface area contributed by atoms with Gasteiger partial charge in [-0.25, -0.2) is 0 Å². The summed E-state index contributed by atoms with van der Waals surface area (Å²) in [7, 11) is 1.44. The van der Waals surface area contributed by atoms with Crippen LogP contribution in [-0.2, 0) is 14.4 Å². The van der Waals surface area contributed by atoms with Crippen LogP contribution < -0.4 is 11.5 Å². The van der Waals surface area contributed by atoms with E-state index in [1.165, 1.54) is 7.05 Å². The number of guanidine groups is 1. The maximum Gasteiger partial charge on any atom is 0.323 e. The summed E-state index contributed by atoms with van der Waals surface area (Å²) in [5, 5.41) is 31.1.